The Morgan fingerprint density at radius 2 is 2.06 bits per heavy atom. The fourth-order valence-electron chi connectivity index (χ4n) is 1.86. The summed E-state index contributed by atoms with van der Waals surface area (Å²) in [5, 5.41) is 2.08. The summed E-state index contributed by atoms with van der Waals surface area (Å²) in [5.41, 5.74) is 2.80. The maximum atomic E-state index is 5.34. The lowest BCUT2D eigenvalue weighted by Crippen LogP contribution is -2.34. The SMILES string of the molecule is c1ncc(C2=c3cc4c(cc3=N2)OCO4)s1. The average Bonchev–Trinajstić information content (AvgIpc) is 2.91. The summed E-state index contributed by atoms with van der Waals surface area (Å²) in [7, 11) is 0. The van der Waals surface area contributed by atoms with Crippen LogP contribution in [0.1, 0.15) is 4.88 Å². The van der Waals surface area contributed by atoms with Crippen molar-refractivity contribution in [2.45, 2.75) is 0 Å². The van der Waals surface area contributed by atoms with Crippen LogP contribution in [-0.2, 0) is 0 Å². The van der Waals surface area contributed by atoms with Gasteiger partial charge in [-0.3, -0.25) is 4.98 Å². The van der Waals surface area contributed by atoms with Gasteiger partial charge in [0.1, 0.15) is 0 Å². The fraction of sp³-hybridized carbons (Fsp3) is 0.0909. The van der Waals surface area contributed by atoms with Crippen molar-refractivity contribution >= 4 is 17.0 Å². The lowest BCUT2D eigenvalue weighted by Gasteiger charge is -2.08. The highest BCUT2D eigenvalue weighted by atomic mass is 32.1. The predicted octanol–water partition coefficient (Wildman–Crippen LogP) is 0.661. The zero-order chi connectivity index (χ0) is 10.5. The van der Waals surface area contributed by atoms with Crippen LogP contribution in [0.3, 0.4) is 0 Å². The predicted molar refractivity (Wildman–Crippen MR) is 58.0 cm³/mol. The van der Waals surface area contributed by atoms with Gasteiger partial charge in [-0.15, -0.1) is 11.3 Å². The third-order valence-corrected chi connectivity index (χ3v) is 3.42. The van der Waals surface area contributed by atoms with Crippen LogP contribution in [0.5, 0.6) is 11.5 Å². The summed E-state index contributed by atoms with van der Waals surface area (Å²) >= 11 is 1.59. The van der Waals surface area contributed by atoms with Gasteiger partial charge >= 0.3 is 0 Å². The quantitative estimate of drug-likeness (QED) is 0.723. The molecule has 4 rings (SSSR count). The van der Waals surface area contributed by atoms with E-state index in [1.165, 1.54) is 0 Å². The molecule has 0 saturated carbocycles. The van der Waals surface area contributed by atoms with Crippen molar-refractivity contribution < 1.29 is 9.47 Å². The van der Waals surface area contributed by atoms with E-state index in [2.05, 4.69) is 9.98 Å². The maximum absolute atomic E-state index is 5.34. The molecule has 0 aliphatic carbocycles. The summed E-state index contributed by atoms with van der Waals surface area (Å²) in [6, 6.07) is 3.90. The second-order valence-corrected chi connectivity index (χ2v) is 4.44. The molecule has 0 spiro atoms. The van der Waals surface area contributed by atoms with Crippen LogP contribution in [0.25, 0.3) is 5.70 Å². The molecule has 0 fully saturated rings. The first-order valence-corrected chi connectivity index (χ1v) is 5.71. The standard InChI is InChI=1S/C11H6N2O2S/c1-6-7(2-9-8(1)14-5-15-9)13-11(6)10-3-12-4-16-10/h1-4H,5H2. The first-order valence-electron chi connectivity index (χ1n) is 4.83. The molecule has 16 heavy (non-hydrogen) atoms. The minimum absolute atomic E-state index is 0.300. The molecular formula is C11H6N2O2S. The maximum Gasteiger partial charge on any atom is 0.231 e. The van der Waals surface area contributed by atoms with Crippen molar-refractivity contribution in [1.29, 1.82) is 0 Å². The number of fused-ring (bicyclic) bond motifs is 2. The van der Waals surface area contributed by atoms with Gasteiger partial charge < -0.3 is 9.47 Å². The van der Waals surface area contributed by atoms with E-state index < -0.39 is 0 Å². The summed E-state index contributed by atoms with van der Waals surface area (Å²) in [6.07, 6.45) is 1.83. The molecule has 0 saturated heterocycles. The molecule has 0 atom stereocenters. The lowest BCUT2D eigenvalue weighted by molar-refractivity contribution is 0.174. The Morgan fingerprint density at radius 3 is 2.88 bits per heavy atom. The largest absolute Gasteiger partial charge is 0.454 e. The van der Waals surface area contributed by atoms with E-state index in [0.717, 1.165) is 32.6 Å². The second-order valence-electron chi connectivity index (χ2n) is 3.55. The number of ether oxygens (including phenoxy) is 2. The van der Waals surface area contributed by atoms with Gasteiger partial charge in [-0.05, 0) is 6.07 Å². The number of thiazole rings is 1. The van der Waals surface area contributed by atoms with Gasteiger partial charge in [0.05, 0.1) is 21.4 Å². The van der Waals surface area contributed by atoms with Crippen molar-refractivity contribution in [3.63, 3.8) is 0 Å². The lowest BCUT2D eigenvalue weighted by atomic mass is 10.1. The molecule has 5 heteroatoms. The molecule has 0 bridgehead atoms. The molecule has 2 aliphatic rings. The Bertz CT molecular complexity index is 692. The molecule has 0 unspecified atom stereocenters. The van der Waals surface area contributed by atoms with Gasteiger partial charge in [0, 0.05) is 17.5 Å². The molecule has 0 N–H and O–H groups in total. The van der Waals surface area contributed by atoms with Crippen LogP contribution in [-0.4, -0.2) is 11.8 Å². The van der Waals surface area contributed by atoms with Crippen molar-refractivity contribution in [2.75, 3.05) is 6.79 Å². The van der Waals surface area contributed by atoms with Crippen LogP contribution < -0.4 is 20.0 Å². The molecule has 3 heterocycles. The van der Waals surface area contributed by atoms with Crippen LogP contribution >= 0.6 is 11.3 Å². The topological polar surface area (TPSA) is 43.7 Å². The molecule has 2 aromatic rings. The summed E-state index contributed by atoms with van der Waals surface area (Å²) in [6.45, 7) is 0.300. The van der Waals surface area contributed by atoms with Gasteiger partial charge in [0.25, 0.3) is 0 Å². The third-order valence-electron chi connectivity index (χ3n) is 2.64. The number of nitrogens with zero attached hydrogens (tertiary/aromatic N) is 2. The Balaban J connectivity index is 1.98. The van der Waals surface area contributed by atoms with Gasteiger partial charge in [0.2, 0.25) is 6.79 Å². The monoisotopic (exact) mass is 230 g/mol. The molecule has 1 aromatic carbocycles. The fourth-order valence-corrected chi connectivity index (χ4v) is 2.49. The number of hydrogen-bond donors (Lipinski definition) is 0. The van der Waals surface area contributed by atoms with Crippen LogP contribution in [0.4, 0.5) is 0 Å². The van der Waals surface area contributed by atoms with Gasteiger partial charge in [-0.25, -0.2) is 4.99 Å². The van der Waals surface area contributed by atoms with Crippen LogP contribution in [0.15, 0.2) is 28.8 Å². The van der Waals surface area contributed by atoms with Crippen molar-refractivity contribution in [2.24, 2.45) is 4.99 Å². The zero-order valence-corrected chi connectivity index (χ0v) is 8.95. The first kappa shape index (κ1) is 8.29. The zero-order valence-electron chi connectivity index (χ0n) is 8.14. The highest BCUT2D eigenvalue weighted by molar-refractivity contribution is 7.10. The van der Waals surface area contributed by atoms with E-state index >= 15 is 0 Å². The van der Waals surface area contributed by atoms with E-state index in [9.17, 15) is 0 Å². The van der Waals surface area contributed by atoms with E-state index in [1.54, 1.807) is 11.3 Å². The molecule has 2 aliphatic heterocycles. The van der Waals surface area contributed by atoms with Crippen molar-refractivity contribution in [1.82, 2.24) is 4.98 Å². The minimum atomic E-state index is 0.300. The summed E-state index contributed by atoms with van der Waals surface area (Å²) in [5.74, 6) is 1.58. The van der Waals surface area contributed by atoms with Crippen LogP contribution in [0, 0.1) is 0 Å². The number of rotatable bonds is 1. The molecule has 0 amide bonds. The van der Waals surface area contributed by atoms with E-state index in [1.807, 2.05) is 23.8 Å². The second kappa shape index (κ2) is 2.82. The Kier molecular flexibility index (Phi) is 1.46. The number of hydrogen-bond acceptors (Lipinski definition) is 5. The van der Waals surface area contributed by atoms with Crippen molar-refractivity contribution in [3.8, 4) is 11.5 Å². The molecule has 1 aromatic heterocycles. The van der Waals surface area contributed by atoms with Gasteiger partial charge in [-0.1, -0.05) is 0 Å². The average molecular weight is 230 g/mol. The normalized spacial score (nSPS) is 15.4. The summed E-state index contributed by atoms with van der Waals surface area (Å²) < 4.78 is 10.6. The van der Waals surface area contributed by atoms with Gasteiger partial charge in [-0.2, -0.15) is 0 Å². The Hall–Kier alpha value is -1.88. The molecule has 4 nitrogen and oxygen atoms in total. The molecule has 0 radical (unpaired) electrons. The van der Waals surface area contributed by atoms with Crippen LogP contribution in [0.2, 0.25) is 0 Å². The molecular weight excluding hydrogens is 224 g/mol. The van der Waals surface area contributed by atoms with E-state index in [0.29, 0.717) is 6.79 Å². The highest BCUT2D eigenvalue weighted by Crippen LogP contribution is 2.30. The van der Waals surface area contributed by atoms with E-state index in [-0.39, 0.29) is 0 Å². The number of benzene rings is 1. The Labute approximate surface area is 94.5 Å². The van der Waals surface area contributed by atoms with Gasteiger partial charge in [0.15, 0.2) is 11.5 Å². The highest BCUT2D eigenvalue weighted by Gasteiger charge is 2.19. The van der Waals surface area contributed by atoms with E-state index in [4.69, 9.17) is 9.47 Å². The van der Waals surface area contributed by atoms with Crippen molar-refractivity contribution in [3.05, 3.63) is 39.3 Å². The Morgan fingerprint density at radius 1 is 1.19 bits per heavy atom. The smallest absolute Gasteiger partial charge is 0.231 e. The molecule has 78 valence electrons. The third kappa shape index (κ3) is 0.979. The first-order chi connectivity index (χ1) is 7.92. The minimum Gasteiger partial charge on any atom is -0.454 e. The summed E-state index contributed by atoms with van der Waals surface area (Å²) in [4.78, 5) is 9.60. The number of aromatic nitrogens is 1.